The Balaban J connectivity index is 1.49. The molecule has 29 heavy (non-hydrogen) atoms. The molecule has 1 aliphatic rings. The highest BCUT2D eigenvalue weighted by atomic mass is 16.5. The number of ether oxygens (including phenoxy) is 1. The predicted molar refractivity (Wildman–Crippen MR) is 112 cm³/mol. The topological polar surface area (TPSA) is 58.6 Å². The van der Waals surface area contributed by atoms with Crippen molar-refractivity contribution in [1.29, 1.82) is 0 Å². The Kier molecular flexibility index (Phi) is 5.29. The van der Waals surface area contributed by atoms with Crippen molar-refractivity contribution in [3.63, 3.8) is 0 Å². The van der Waals surface area contributed by atoms with Crippen LogP contribution in [0.4, 0.5) is 5.69 Å². The lowest BCUT2D eigenvalue weighted by Gasteiger charge is -2.18. The Hall–Kier alpha value is -3.60. The van der Waals surface area contributed by atoms with Crippen LogP contribution in [0.25, 0.3) is 0 Å². The van der Waals surface area contributed by atoms with Crippen LogP contribution < -0.4 is 15.0 Å². The summed E-state index contributed by atoms with van der Waals surface area (Å²) in [5.74, 6) is 0.578. The van der Waals surface area contributed by atoms with Gasteiger partial charge in [-0.25, -0.2) is 0 Å². The van der Waals surface area contributed by atoms with E-state index in [0.29, 0.717) is 24.2 Å². The van der Waals surface area contributed by atoms with Crippen LogP contribution in [-0.2, 0) is 13.0 Å². The lowest BCUT2D eigenvalue weighted by atomic mass is 10.1. The third-order valence-corrected chi connectivity index (χ3v) is 5.12. The zero-order valence-electron chi connectivity index (χ0n) is 16.2. The molecule has 5 nitrogen and oxygen atoms in total. The third-order valence-electron chi connectivity index (χ3n) is 5.12. The molecule has 0 bridgehead atoms. The minimum atomic E-state index is -0.114. The second kappa shape index (κ2) is 8.19. The van der Waals surface area contributed by atoms with Gasteiger partial charge in [0, 0.05) is 29.9 Å². The largest absolute Gasteiger partial charge is 0.497 e. The summed E-state index contributed by atoms with van der Waals surface area (Å²) < 4.78 is 5.17. The van der Waals surface area contributed by atoms with Gasteiger partial charge in [0.1, 0.15) is 5.75 Å². The molecule has 0 atom stereocenters. The summed E-state index contributed by atoms with van der Waals surface area (Å²) >= 11 is 0. The first-order valence-corrected chi connectivity index (χ1v) is 9.56. The molecular formula is C24H22N2O3. The van der Waals surface area contributed by atoms with Crippen LogP contribution in [0.2, 0.25) is 0 Å². The Morgan fingerprint density at radius 3 is 2.45 bits per heavy atom. The monoisotopic (exact) mass is 386 g/mol. The van der Waals surface area contributed by atoms with Gasteiger partial charge in [-0.1, -0.05) is 30.3 Å². The van der Waals surface area contributed by atoms with Gasteiger partial charge in [-0.05, 0) is 60.0 Å². The van der Waals surface area contributed by atoms with Crippen LogP contribution in [0.3, 0.4) is 0 Å². The average Bonchev–Trinajstić information content (AvgIpc) is 3.21. The van der Waals surface area contributed by atoms with Gasteiger partial charge in [-0.3, -0.25) is 9.59 Å². The molecule has 0 radical (unpaired) electrons. The van der Waals surface area contributed by atoms with E-state index in [1.165, 1.54) is 0 Å². The number of benzene rings is 3. The molecule has 1 N–H and O–H groups in total. The third kappa shape index (κ3) is 3.99. The molecule has 0 spiro atoms. The number of carbonyl (C=O) groups excluding carboxylic acids is 2. The predicted octanol–water partition coefficient (Wildman–Crippen LogP) is 3.83. The van der Waals surface area contributed by atoms with Crippen molar-refractivity contribution in [3.8, 4) is 5.75 Å². The fourth-order valence-corrected chi connectivity index (χ4v) is 3.51. The number of carbonyl (C=O) groups is 2. The molecule has 0 unspecified atom stereocenters. The summed E-state index contributed by atoms with van der Waals surface area (Å²) in [6.45, 7) is 1.06. The first-order valence-electron chi connectivity index (χ1n) is 9.56. The maximum atomic E-state index is 13.0. The molecular weight excluding hydrogens is 364 g/mol. The number of rotatable bonds is 5. The summed E-state index contributed by atoms with van der Waals surface area (Å²) in [6.07, 6.45) is 0.827. The van der Waals surface area contributed by atoms with Crippen molar-refractivity contribution in [2.24, 2.45) is 0 Å². The average molecular weight is 386 g/mol. The molecule has 5 heteroatoms. The van der Waals surface area contributed by atoms with E-state index in [4.69, 9.17) is 4.74 Å². The molecule has 3 aromatic carbocycles. The standard InChI is InChI=1S/C24H22N2O3/c1-29-21-11-9-20(10-12-21)24(28)26-14-13-18-8-7-17(15-22(18)26)16-25-23(27)19-5-3-2-4-6-19/h2-12,15H,13-14,16H2,1H3,(H,25,27). The first kappa shape index (κ1) is 18.7. The van der Waals surface area contributed by atoms with E-state index in [1.54, 1.807) is 48.4 Å². The van der Waals surface area contributed by atoms with E-state index >= 15 is 0 Å². The Morgan fingerprint density at radius 2 is 1.72 bits per heavy atom. The van der Waals surface area contributed by atoms with Gasteiger partial charge in [0.25, 0.3) is 11.8 Å². The molecule has 0 fully saturated rings. The van der Waals surface area contributed by atoms with Crippen molar-refractivity contribution < 1.29 is 14.3 Å². The summed E-state index contributed by atoms with van der Waals surface area (Å²) in [6, 6.07) is 22.3. The maximum absolute atomic E-state index is 13.0. The van der Waals surface area contributed by atoms with Gasteiger partial charge >= 0.3 is 0 Å². The summed E-state index contributed by atoms with van der Waals surface area (Å²) in [7, 11) is 1.60. The lowest BCUT2D eigenvalue weighted by Crippen LogP contribution is -2.29. The fourth-order valence-electron chi connectivity index (χ4n) is 3.51. The SMILES string of the molecule is COc1ccc(C(=O)N2CCc3ccc(CNC(=O)c4ccccc4)cc32)cc1. The molecule has 0 saturated carbocycles. The minimum absolute atomic E-state index is 0.0307. The molecule has 4 rings (SSSR count). The van der Waals surface area contributed by atoms with Gasteiger partial charge in [-0.2, -0.15) is 0 Å². The van der Waals surface area contributed by atoms with Crippen molar-refractivity contribution >= 4 is 17.5 Å². The smallest absolute Gasteiger partial charge is 0.258 e. The fraction of sp³-hybridized carbons (Fsp3) is 0.167. The number of hydrogen-bond acceptors (Lipinski definition) is 3. The second-order valence-electron chi connectivity index (χ2n) is 6.95. The van der Waals surface area contributed by atoms with E-state index in [2.05, 4.69) is 5.32 Å². The molecule has 3 aromatic rings. The number of nitrogens with zero attached hydrogens (tertiary/aromatic N) is 1. The molecule has 0 aliphatic carbocycles. The quantitative estimate of drug-likeness (QED) is 0.725. The van der Waals surface area contributed by atoms with Gasteiger partial charge in [0.2, 0.25) is 0 Å². The van der Waals surface area contributed by atoms with Crippen molar-refractivity contribution in [3.05, 3.63) is 95.1 Å². The Bertz CT molecular complexity index is 1030. The van der Waals surface area contributed by atoms with Crippen LogP contribution in [0.1, 0.15) is 31.8 Å². The normalized spacial score (nSPS) is 12.4. The van der Waals surface area contributed by atoms with E-state index < -0.39 is 0 Å². The van der Waals surface area contributed by atoms with E-state index in [1.807, 2.05) is 36.4 Å². The van der Waals surface area contributed by atoms with Gasteiger partial charge in [0.15, 0.2) is 0 Å². The highest BCUT2D eigenvalue weighted by Gasteiger charge is 2.26. The summed E-state index contributed by atoms with van der Waals surface area (Å²) in [4.78, 5) is 27.1. The lowest BCUT2D eigenvalue weighted by molar-refractivity contribution is 0.0949. The number of methoxy groups -OCH3 is 1. The molecule has 0 saturated heterocycles. The van der Waals surface area contributed by atoms with Crippen LogP contribution in [-0.4, -0.2) is 25.5 Å². The minimum Gasteiger partial charge on any atom is -0.497 e. The van der Waals surface area contributed by atoms with Crippen molar-refractivity contribution in [2.45, 2.75) is 13.0 Å². The first-order chi connectivity index (χ1) is 14.2. The number of hydrogen-bond donors (Lipinski definition) is 1. The highest BCUT2D eigenvalue weighted by molar-refractivity contribution is 6.07. The van der Waals surface area contributed by atoms with Crippen LogP contribution in [0.15, 0.2) is 72.8 Å². The summed E-state index contributed by atoms with van der Waals surface area (Å²) in [5.41, 5.74) is 4.27. The van der Waals surface area contributed by atoms with E-state index in [9.17, 15) is 9.59 Å². The Morgan fingerprint density at radius 1 is 0.966 bits per heavy atom. The second-order valence-corrected chi connectivity index (χ2v) is 6.95. The number of amides is 2. The number of anilines is 1. The molecule has 2 amide bonds. The van der Waals surface area contributed by atoms with Crippen LogP contribution >= 0.6 is 0 Å². The zero-order chi connectivity index (χ0) is 20.2. The van der Waals surface area contributed by atoms with Gasteiger partial charge in [-0.15, -0.1) is 0 Å². The molecule has 146 valence electrons. The number of nitrogens with one attached hydrogen (secondary N) is 1. The van der Waals surface area contributed by atoms with Crippen molar-refractivity contribution in [1.82, 2.24) is 5.32 Å². The van der Waals surface area contributed by atoms with Gasteiger partial charge in [0.05, 0.1) is 7.11 Å². The van der Waals surface area contributed by atoms with Crippen molar-refractivity contribution in [2.75, 3.05) is 18.6 Å². The van der Waals surface area contributed by atoms with E-state index in [0.717, 1.165) is 29.0 Å². The maximum Gasteiger partial charge on any atom is 0.258 e. The van der Waals surface area contributed by atoms with E-state index in [-0.39, 0.29) is 11.8 Å². The zero-order valence-corrected chi connectivity index (χ0v) is 16.2. The Labute approximate surface area is 169 Å². The molecule has 1 heterocycles. The molecule has 1 aliphatic heterocycles. The highest BCUT2D eigenvalue weighted by Crippen LogP contribution is 2.30. The number of fused-ring (bicyclic) bond motifs is 1. The summed E-state index contributed by atoms with van der Waals surface area (Å²) in [5, 5.41) is 2.94. The van der Waals surface area contributed by atoms with Crippen LogP contribution in [0.5, 0.6) is 5.75 Å². The van der Waals surface area contributed by atoms with Crippen LogP contribution in [0, 0.1) is 0 Å². The molecule has 0 aromatic heterocycles. The van der Waals surface area contributed by atoms with Gasteiger partial charge < -0.3 is 15.0 Å².